The number of hydrogen-bond acceptors (Lipinski definition) is 4. The molecule has 2 fully saturated rings. The Morgan fingerprint density at radius 3 is 2.32 bits per heavy atom. The molecule has 5 rings (SSSR count). The summed E-state index contributed by atoms with van der Waals surface area (Å²) in [5.41, 5.74) is 4.58. The number of fused-ring (bicyclic) bond motifs is 3. The fourth-order valence-corrected chi connectivity index (χ4v) is 4.85. The van der Waals surface area contributed by atoms with Crippen LogP contribution in [0.5, 0.6) is 0 Å². The summed E-state index contributed by atoms with van der Waals surface area (Å²) >= 11 is 0. The molecule has 0 radical (unpaired) electrons. The Kier molecular flexibility index (Phi) is 4.37. The lowest BCUT2D eigenvalue weighted by Crippen LogP contribution is -2.61. The van der Waals surface area contributed by atoms with Crippen LogP contribution in [0.15, 0.2) is 48.5 Å². The van der Waals surface area contributed by atoms with Crippen molar-refractivity contribution < 1.29 is 19.4 Å². The third-order valence-corrected chi connectivity index (χ3v) is 6.38. The van der Waals surface area contributed by atoms with E-state index in [9.17, 15) is 9.90 Å². The molecule has 5 nitrogen and oxygen atoms in total. The number of ether oxygens (including phenoxy) is 2. The van der Waals surface area contributed by atoms with Crippen molar-refractivity contribution in [2.24, 2.45) is 0 Å². The van der Waals surface area contributed by atoms with Crippen molar-refractivity contribution in [3.05, 3.63) is 59.7 Å². The van der Waals surface area contributed by atoms with Crippen molar-refractivity contribution in [1.29, 1.82) is 0 Å². The minimum absolute atomic E-state index is 0.0590. The smallest absolute Gasteiger partial charge is 0.409 e. The van der Waals surface area contributed by atoms with Gasteiger partial charge in [-0.2, -0.15) is 0 Å². The molecular weight excluding hydrogens is 354 g/mol. The molecule has 1 atom stereocenters. The quantitative estimate of drug-likeness (QED) is 0.886. The van der Waals surface area contributed by atoms with Crippen LogP contribution in [0.25, 0.3) is 11.1 Å². The Hall–Kier alpha value is -2.37. The molecule has 1 saturated heterocycles. The van der Waals surface area contributed by atoms with Crippen LogP contribution in [0, 0.1) is 0 Å². The summed E-state index contributed by atoms with van der Waals surface area (Å²) in [5, 5.41) is 9.56. The van der Waals surface area contributed by atoms with E-state index in [0.717, 1.165) is 19.3 Å². The average Bonchev–Trinajstić information content (AvgIpc) is 3.04. The number of amides is 1. The molecule has 1 saturated carbocycles. The number of aliphatic hydroxyl groups excluding tert-OH is 1. The van der Waals surface area contributed by atoms with E-state index in [0.29, 0.717) is 19.7 Å². The Balaban J connectivity index is 1.32. The van der Waals surface area contributed by atoms with Crippen LogP contribution in [-0.4, -0.2) is 54.1 Å². The highest BCUT2D eigenvalue weighted by atomic mass is 16.6. The largest absolute Gasteiger partial charge is 0.448 e. The first-order valence-electron chi connectivity index (χ1n) is 10.1. The second kappa shape index (κ2) is 6.90. The molecule has 0 bridgehead atoms. The summed E-state index contributed by atoms with van der Waals surface area (Å²) in [6.45, 7) is 1.19. The zero-order chi connectivity index (χ0) is 19.1. The van der Waals surface area contributed by atoms with Gasteiger partial charge < -0.3 is 19.5 Å². The molecule has 146 valence electrons. The topological polar surface area (TPSA) is 59.0 Å². The van der Waals surface area contributed by atoms with Gasteiger partial charge in [0.05, 0.1) is 31.4 Å². The normalized spacial score (nSPS) is 22.5. The van der Waals surface area contributed by atoms with E-state index in [1.165, 1.54) is 22.3 Å². The van der Waals surface area contributed by atoms with Crippen LogP contribution in [-0.2, 0) is 9.47 Å². The second-order valence-electron chi connectivity index (χ2n) is 8.14. The van der Waals surface area contributed by atoms with Crippen LogP contribution in [0.4, 0.5) is 4.79 Å². The van der Waals surface area contributed by atoms with Gasteiger partial charge in [0.1, 0.15) is 6.61 Å². The number of morpholine rings is 1. The molecule has 1 aliphatic heterocycles. The Bertz CT molecular complexity index is 846. The maximum absolute atomic E-state index is 12.8. The predicted molar refractivity (Wildman–Crippen MR) is 105 cm³/mol. The summed E-state index contributed by atoms with van der Waals surface area (Å²) in [4.78, 5) is 14.6. The van der Waals surface area contributed by atoms with E-state index in [4.69, 9.17) is 9.47 Å². The zero-order valence-electron chi connectivity index (χ0n) is 15.8. The highest BCUT2D eigenvalue weighted by Crippen LogP contribution is 2.45. The van der Waals surface area contributed by atoms with Crippen molar-refractivity contribution in [1.82, 2.24) is 4.90 Å². The van der Waals surface area contributed by atoms with Gasteiger partial charge in [-0.25, -0.2) is 4.79 Å². The molecule has 5 heteroatoms. The molecule has 1 heterocycles. The summed E-state index contributed by atoms with van der Waals surface area (Å²) in [6, 6.07) is 16.7. The third kappa shape index (κ3) is 2.90. The number of carbonyl (C=O) groups is 1. The van der Waals surface area contributed by atoms with Gasteiger partial charge in [0, 0.05) is 5.92 Å². The minimum Gasteiger partial charge on any atom is -0.448 e. The van der Waals surface area contributed by atoms with Gasteiger partial charge in [-0.15, -0.1) is 0 Å². The summed E-state index contributed by atoms with van der Waals surface area (Å²) in [5.74, 6) is 0.0590. The average molecular weight is 379 g/mol. The molecule has 28 heavy (non-hydrogen) atoms. The van der Waals surface area contributed by atoms with Crippen LogP contribution in [0.3, 0.4) is 0 Å². The Labute approximate surface area is 164 Å². The number of rotatable bonds is 3. The second-order valence-corrected chi connectivity index (χ2v) is 8.14. The van der Waals surface area contributed by atoms with Gasteiger partial charge in [0.15, 0.2) is 0 Å². The van der Waals surface area contributed by atoms with Crippen molar-refractivity contribution in [2.75, 3.05) is 26.3 Å². The van der Waals surface area contributed by atoms with E-state index < -0.39 is 0 Å². The van der Waals surface area contributed by atoms with Gasteiger partial charge in [-0.3, -0.25) is 0 Å². The number of aliphatic hydroxyl groups is 1. The molecule has 2 aromatic carbocycles. The molecule has 1 unspecified atom stereocenters. The van der Waals surface area contributed by atoms with Gasteiger partial charge in [-0.1, -0.05) is 48.5 Å². The van der Waals surface area contributed by atoms with Crippen LogP contribution >= 0.6 is 0 Å². The minimum atomic E-state index is -0.325. The molecule has 3 aliphatic rings. The predicted octanol–water partition coefficient (Wildman–Crippen LogP) is 3.55. The van der Waals surface area contributed by atoms with Gasteiger partial charge >= 0.3 is 6.09 Å². The molecule has 2 aliphatic carbocycles. The van der Waals surface area contributed by atoms with Crippen molar-refractivity contribution >= 4 is 6.09 Å². The summed E-state index contributed by atoms with van der Waals surface area (Å²) in [6.07, 6.45) is 2.36. The molecular formula is C23H25NO4. The van der Waals surface area contributed by atoms with Gasteiger partial charge in [-0.05, 0) is 41.5 Å². The number of carbonyl (C=O) groups excluding carboxylic acids is 1. The van der Waals surface area contributed by atoms with Crippen molar-refractivity contribution in [3.63, 3.8) is 0 Å². The first kappa shape index (κ1) is 17.7. The fourth-order valence-electron chi connectivity index (χ4n) is 4.85. The highest BCUT2D eigenvalue weighted by Gasteiger charge is 2.46. The maximum Gasteiger partial charge on any atom is 0.409 e. The Morgan fingerprint density at radius 1 is 1.11 bits per heavy atom. The van der Waals surface area contributed by atoms with E-state index >= 15 is 0 Å². The first-order valence-corrected chi connectivity index (χ1v) is 10.1. The monoisotopic (exact) mass is 379 g/mol. The van der Waals surface area contributed by atoms with Crippen molar-refractivity contribution in [2.45, 2.75) is 36.9 Å². The van der Waals surface area contributed by atoms with Crippen LogP contribution < -0.4 is 0 Å². The standard InChI is InChI=1S/C23H25NO4/c25-13-16-12-24(15-23(28-16)10-5-11-23)22(26)27-14-21-19-8-3-1-6-17(19)18-7-2-4-9-20(18)21/h1-4,6-9,16,21,25H,5,10-15H2. The number of benzene rings is 2. The maximum atomic E-state index is 12.8. The third-order valence-electron chi connectivity index (χ3n) is 6.38. The van der Waals surface area contributed by atoms with E-state index in [1.54, 1.807) is 4.90 Å². The van der Waals surface area contributed by atoms with Crippen molar-refractivity contribution in [3.8, 4) is 11.1 Å². The molecule has 1 spiro atoms. The number of hydrogen-bond donors (Lipinski definition) is 1. The van der Waals surface area contributed by atoms with Crippen LogP contribution in [0.2, 0.25) is 0 Å². The molecule has 1 N–H and O–H groups in total. The lowest BCUT2D eigenvalue weighted by atomic mass is 9.78. The summed E-state index contributed by atoms with van der Waals surface area (Å²) in [7, 11) is 0. The lowest BCUT2D eigenvalue weighted by Gasteiger charge is -2.50. The molecule has 1 amide bonds. The first-order chi connectivity index (χ1) is 13.7. The van der Waals surface area contributed by atoms with E-state index in [2.05, 4.69) is 24.3 Å². The molecule has 0 aromatic heterocycles. The van der Waals surface area contributed by atoms with Gasteiger partial charge in [0.2, 0.25) is 0 Å². The SMILES string of the molecule is O=C(OCC1c2ccccc2-c2ccccc21)N1CC(CO)OC2(CCC2)C1. The van der Waals surface area contributed by atoms with Gasteiger partial charge in [0.25, 0.3) is 0 Å². The van der Waals surface area contributed by atoms with E-state index in [-0.39, 0.29) is 30.3 Å². The zero-order valence-corrected chi connectivity index (χ0v) is 15.8. The lowest BCUT2D eigenvalue weighted by molar-refractivity contribution is -0.193. The van der Waals surface area contributed by atoms with E-state index in [1.807, 2.05) is 24.3 Å². The Morgan fingerprint density at radius 2 is 1.75 bits per heavy atom. The summed E-state index contributed by atoms with van der Waals surface area (Å²) < 4.78 is 11.8. The fraction of sp³-hybridized carbons (Fsp3) is 0.435. The highest BCUT2D eigenvalue weighted by molar-refractivity contribution is 5.79. The van der Waals surface area contributed by atoms with Crippen LogP contribution in [0.1, 0.15) is 36.3 Å². The number of nitrogens with zero attached hydrogens (tertiary/aromatic N) is 1. The molecule has 2 aromatic rings.